The lowest BCUT2D eigenvalue weighted by molar-refractivity contribution is 0.311. The van der Waals surface area contributed by atoms with Crippen LogP contribution >= 0.6 is 0 Å². The van der Waals surface area contributed by atoms with Gasteiger partial charge in [-0.1, -0.05) is 25.8 Å². The van der Waals surface area contributed by atoms with Crippen LogP contribution in [-0.4, -0.2) is 5.54 Å². The van der Waals surface area contributed by atoms with Gasteiger partial charge in [0, 0.05) is 5.54 Å². The summed E-state index contributed by atoms with van der Waals surface area (Å²) in [6.45, 7) is 11.2. The molecule has 82 valence electrons. The standard InChI is InChI=1S/C13H25N/c1-6-11-8-7-9(2)12(10(11)3)13(4,5)14/h10-11H,6-8,14H2,1-5H3. The van der Waals surface area contributed by atoms with Crippen molar-refractivity contribution in [2.45, 2.75) is 59.4 Å². The van der Waals surface area contributed by atoms with Gasteiger partial charge in [-0.3, -0.25) is 0 Å². The van der Waals surface area contributed by atoms with Gasteiger partial charge in [0.25, 0.3) is 0 Å². The van der Waals surface area contributed by atoms with Gasteiger partial charge < -0.3 is 5.73 Å². The molecule has 2 N–H and O–H groups in total. The van der Waals surface area contributed by atoms with Crippen molar-refractivity contribution in [2.24, 2.45) is 17.6 Å². The lowest BCUT2D eigenvalue weighted by atomic mass is 9.69. The molecular formula is C13H25N. The predicted octanol–water partition coefficient (Wildman–Crippen LogP) is 3.50. The lowest BCUT2D eigenvalue weighted by Crippen LogP contribution is -2.41. The minimum Gasteiger partial charge on any atom is -0.322 e. The normalized spacial score (nSPS) is 29.6. The van der Waals surface area contributed by atoms with Crippen molar-refractivity contribution < 1.29 is 0 Å². The SMILES string of the molecule is CCC1CCC(C)=C(C(C)(C)N)C1C. The smallest absolute Gasteiger partial charge is 0.0316 e. The van der Waals surface area contributed by atoms with Crippen LogP contribution in [0.1, 0.15) is 53.9 Å². The molecule has 0 saturated carbocycles. The fourth-order valence-corrected chi connectivity index (χ4v) is 3.11. The molecule has 1 aliphatic rings. The molecule has 0 bridgehead atoms. The van der Waals surface area contributed by atoms with E-state index >= 15 is 0 Å². The van der Waals surface area contributed by atoms with E-state index in [0.717, 1.165) is 5.92 Å². The first-order valence-corrected chi connectivity index (χ1v) is 5.87. The molecule has 0 radical (unpaired) electrons. The van der Waals surface area contributed by atoms with Crippen LogP contribution in [0.25, 0.3) is 0 Å². The molecule has 1 heteroatoms. The zero-order valence-electron chi connectivity index (χ0n) is 10.4. The highest BCUT2D eigenvalue weighted by molar-refractivity contribution is 5.28. The third-order valence-electron chi connectivity index (χ3n) is 3.73. The Hall–Kier alpha value is -0.300. The highest BCUT2D eigenvalue weighted by Crippen LogP contribution is 2.40. The van der Waals surface area contributed by atoms with Gasteiger partial charge in [-0.2, -0.15) is 0 Å². The van der Waals surface area contributed by atoms with Gasteiger partial charge in [0.15, 0.2) is 0 Å². The second-order valence-electron chi connectivity index (χ2n) is 5.41. The zero-order valence-corrected chi connectivity index (χ0v) is 10.4. The predicted molar refractivity (Wildman–Crippen MR) is 63.1 cm³/mol. The third kappa shape index (κ3) is 2.20. The maximum Gasteiger partial charge on any atom is 0.0316 e. The maximum absolute atomic E-state index is 6.25. The molecule has 0 spiro atoms. The van der Waals surface area contributed by atoms with E-state index in [2.05, 4.69) is 34.6 Å². The average molecular weight is 195 g/mol. The minimum absolute atomic E-state index is 0.128. The fourth-order valence-electron chi connectivity index (χ4n) is 3.11. The molecule has 0 aromatic rings. The second kappa shape index (κ2) is 4.06. The molecule has 0 amide bonds. The van der Waals surface area contributed by atoms with Crippen molar-refractivity contribution in [3.8, 4) is 0 Å². The van der Waals surface area contributed by atoms with Crippen molar-refractivity contribution >= 4 is 0 Å². The highest BCUT2D eigenvalue weighted by Gasteiger charge is 2.32. The van der Waals surface area contributed by atoms with Crippen LogP contribution in [0, 0.1) is 11.8 Å². The van der Waals surface area contributed by atoms with Crippen LogP contribution < -0.4 is 5.73 Å². The molecule has 0 fully saturated rings. The number of hydrogen-bond donors (Lipinski definition) is 1. The van der Waals surface area contributed by atoms with Gasteiger partial charge in [-0.15, -0.1) is 0 Å². The monoisotopic (exact) mass is 195 g/mol. The first-order chi connectivity index (χ1) is 6.38. The lowest BCUT2D eigenvalue weighted by Gasteiger charge is -2.38. The van der Waals surface area contributed by atoms with Crippen LogP contribution in [0.2, 0.25) is 0 Å². The van der Waals surface area contributed by atoms with Crippen LogP contribution in [0.4, 0.5) is 0 Å². The van der Waals surface area contributed by atoms with E-state index in [1.54, 1.807) is 0 Å². The highest BCUT2D eigenvalue weighted by atomic mass is 14.7. The Kier molecular flexibility index (Phi) is 3.41. The van der Waals surface area contributed by atoms with Crippen LogP contribution in [0.15, 0.2) is 11.1 Å². The van der Waals surface area contributed by atoms with E-state index in [4.69, 9.17) is 5.73 Å². The van der Waals surface area contributed by atoms with E-state index in [1.165, 1.54) is 30.4 Å². The van der Waals surface area contributed by atoms with Gasteiger partial charge >= 0.3 is 0 Å². The molecule has 2 unspecified atom stereocenters. The number of hydrogen-bond acceptors (Lipinski definition) is 1. The topological polar surface area (TPSA) is 26.0 Å². The Labute approximate surface area is 88.8 Å². The molecule has 1 nitrogen and oxygen atoms in total. The van der Waals surface area contributed by atoms with Crippen molar-refractivity contribution in [3.63, 3.8) is 0 Å². The van der Waals surface area contributed by atoms with Crippen LogP contribution in [0.3, 0.4) is 0 Å². The van der Waals surface area contributed by atoms with E-state index in [-0.39, 0.29) is 5.54 Å². The van der Waals surface area contributed by atoms with Crippen molar-refractivity contribution in [3.05, 3.63) is 11.1 Å². The minimum atomic E-state index is -0.128. The quantitative estimate of drug-likeness (QED) is 0.671. The Bertz CT molecular complexity index is 232. The van der Waals surface area contributed by atoms with Gasteiger partial charge in [0.05, 0.1) is 0 Å². The van der Waals surface area contributed by atoms with Gasteiger partial charge in [-0.05, 0) is 51.0 Å². The average Bonchev–Trinajstić information content (AvgIpc) is 2.02. The number of rotatable bonds is 2. The molecule has 0 aromatic heterocycles. The molecule has 1 rings (SSSR count). The summed E-state index contributed by atoms with van der Waals surface area (Å²) in [5, 5.41) is 0. The third-order valence-corrected chi connectivity index (χ3v) is 3.73. The molecule has 2 atom stereocenters. The first-order valence-electron chi connectivity index (χ1n) is 5.87. The Morgan fingerprint density at radius 1 is 1.43 bits per heavy atom. The van der Waals surface area contributed by atoms with E-state index < -0.39 is 0 Å². The van der Waals surface area contributed by atoms with Gasteiger partial charge in [0.1, 0.15) is 0 Å². The number of allylic oxidation sites excluding steroid dienone is 1. The van der Waals surface area contributed by atoms with Crippen molar-refractivity contribution in [1.29, 1.82) is 0 Å². The van der Waals surface area contributed by atoms with Crippen molar-refractivity contribution in [2.75, 3.05) is 0 Å². The van der Waals surface area contributed by atoms with Crippen LogP contribution in [-0.2, 0) is 0 Å². The van der Waals surface area contributed by atoms with Gasteiger partial charge in [0.2, 0.25) is 0 Å². The molecule has 0 saturated heterocycles. The number of nitrogens with two attached hydrogens (primary N) is 1. The first kappa shape index (κ1) is 11.8. The van der Waals surface area contributed by atoms with Gasteiger partial charge in [-0.25, -0.2) is 0 Å². The molecule has 14 heavy (non-hydrogen) atoms. The summed E-state index contributed by atoms with van der Waals surface area (Å²) < 4.78 is 0. The largest absolute Gasteiger partial charge is 0.322 e. The molecule has 0 heterocycles. The summed E-state index contributed by atoms with van der Waals surface area (Å²) in [6.07, 6.45) is 3.88. The molecular weight excluding hydrogens is 170 g/mol. The molecule has 0 aliphatic heterocycles. The summed E-state index contributed by atoms with van der Waals surface area (Å²) in [4.78, 5) is 0. The van der Waals surface area contributed by atoms with E-state index in [1.807, 2.05) is 0 Å². The Morgan fingerprint density at radius 3 is 2.43 bits per heavy atom. The summed E-state index contributed by atoms with van der Waals surface area (Å²) >= 11 is 0. The summed E-state index contributed by atoms with van der Waals surface area (Å²) in [5.41, 5.74) is 9.17. The van der Waals surface area contributed by atoms with E-state index in [9.17, 15) is 0 Å². The summed E-state index contributed by atoms with van der Waals surface area (Å²) in [5.74, 6) is 1.52. The second-order valence-corrected chi connectivity index (χ2v) is 5.41. The van der Waals surface area contributed by atoms with Crippen LogP contribution in [0.5, 0.6) is 0 Å². The van der Waals surface area contributed by atoms with Crippen molar-refractivity contribution in [1.82, 2.24) is 0 Å². The Morgan fingerprint density at radius 2 is 2.00 bits per heavy atom. The fraction of sp³-hybridized carbons (Fsp3) is 0.846. The molecule has 1 aliphatic carbocycles. The summed E-state index contributed by atoms with van der Waals surface area (Å²) in [6, 6.07) is 0. The zero-order chi connectivity index (χ0) is 10.9. The van der Waals surface area contributed by atoms with E-state index in [0.29, 0.717) is 5.92 Å². The molecule has 0 aromatic carbocycles. The maximum atomic E-state index is 6.25. The Balaban J connectivity index is 2.99. The summed E-state index contributed by atoms with van der Waals surface area (Å²) in [7, 11) is 0.